The molecule has 0 unspecified atom stereocenters. The molecule has 5 heteroatoms. The highest BCUT2D eigenvalue weighted by atomic mass is 16.5. The molecule has 0 saturated heterocycles. The van der Waals surface area contributed by atoms with Gasteiger partial charge in [-0.25, -0.2) is 0 Å². The van der Waals surface area contributed by atoms with E-state index in [1.54, 1.807) is 4.68 Å². The Hall–Kier alpha value is -1.36. The highest BCUT2D eigenvalue weighted by Crippen LogP contribution is 2.28. The average molecular weight is 225 g/mol. The molecule has 1 heterocycles. The van der Waals surface area contributed by atoms with Crippen molar-refractivity contribution in [2.24, 2.45) is 7.05 Å². The van der Waals surface area contributed by atoms with Gasteiger partial charge in [-0.3, -0.25) is 9.48 Å². The first kappa shape index (κ1) is 12.7. The summed E-state index contributed by atoms with van der Waals surface area (Å²) in [5.41, 5.74) is 0.962. The molecule has 0 saturated carbocycles. The maximum atomic E-state index is 11.4. The van der Waals surface area contributed by atoms with Crippen LogP contribution in [0.3, 0.4) is 0 Å². The molecule has 1 aromatic heterocycles. The van der Waals surface area contributed by atoms with Gasteiger partial charge < -0.3 is 10.1 Å². The minimum absolute atomic E-state index is 0.0418. The molecule has 0 aromatic carbocycles. The zero-order valence-electron chi connectivity index (χ0n) is 10.5. The lowest BCUT2D eigenvalue weighted by Gasteiger charge is -2.18. The molecule has 90 valence electrons. The molecule has 1 aromatic rings. The van der Waals surface area contributed by atoms with Gasteiger partial charge in [0.05, 0.1) is 0 Å². The van der Waals surface area contributed by atoms with Crippen LogP contribution >= 0.6 is 0 Å². The SMILES string of the molecule is COCC(=O)Nc1nn(C)cc1C(C)(C)C. The van der Waals surface area contributed by atoms with Crippen LogP contribution in [0, 0.1) is 0 Å². The van der Waals surface area contributed by atoms with Crippen molar-refractivity contribution >= 4 is 11.7 Å². The predicted molar refractivity (Wildman–Crippen MR) is 62.4 cm³/mol. The molecule has 1 N–H and O–H groups in total. The van der Waals surface area contributed by atoms with Gasteiger partial charge in [-0.1, -0.05) is 20.8 Å². The molecular formula is C11H19N3O2. The standard InChI is InChI=1S/C11H19N3O2/c1-11(2,3)8-6-14(4)13-10(8)12-9(15)7-16-5/h6H,7H2,1-5H3,(H,12,13,15). The van der Waals surface area contributed by atoms with E-state index in [1.807, 2.05) is 13.2 Å². The Balaban J connectivity index is 2.91. The zero-order chi connectivity index (χ0) is 12.3. The van der Waals surface area contributed by atoms with Gasteiger partial charge >= 0.3 is 0 Å². The average Bonchev–Trinajstić information content (AvgIpc) is 2.46. The molecule has 0 aliphatic heterocycles. The lowest BCUT2D eigenvalue weighted by Crippen LogP contribution is -2.21. The van der Waals surface area contributed by atoms with Crippen molar-refractivity contribution in [3.63, 3.8) is 0 Å². The van der Waals surface area contributed by atoms with E-state index in [0.29, 0.717) is 5.82 Å². The van der Waals surface area contributed by atoms with Gasteiger partial charge in [-0.2, -0.15) is 5.10 Å². The second-order valence-corrected chi connectivity index (χ2v) is 4.80. The molecule has 0 radical (unpaired) electrons. The number of amides is 1. The molecule has 1 rings (SSSR count). The van der Waals surface area contributed by atoms with Gasteiger partial charge in [-0.05, 0) is 5.41 Å². The van der Waals surface area contributed by atoms with E-state index in [0.717, 1.165) is 5.56 Å². The van der Waals surface area contributed by atoms with E-state index >= 15 is 0 Å². The number of methoxy groups -OCH3 is 1. The van der Waals surface area contributed by atoms with Gasteiger partial charge in [0.2, 0.25) is 0 Å². The number of hydrogen-bond donors (Lipinski definition) is 1. The Morgan fingerprint density at radius 1 is 1.56 bits per heavy atom. The number of anilines is 1. The maximum Gasteiger partial charge on any atom is 0.251 e. The first-order valence-electron chi connectivity index (χ1n) is 5.17. The van der Waals surface area contributed by atoms with Crippen LogP contribution in [0.4, 0.5) is 5.82 Å². The third-order valence-corrected chi connectivity index (χ3v) is 2.17. The topological polar surface area (TPSA) is 56.1 Å². The smallest absolute Gasteiger partial charge is 0.251 e. The zero-order valence-corrected chi connectivity index (χ0v) is 10.5. The summed E-state index contributed by atoms with van der Waals surface area (Å²) in [6, 6.07) is 0. The van der Waals surface area contributed by atoms with Crippen LogP contribution in [0.15, 0.2) is 6.20 Å². The number of nitrogens with one attached hydrogen (secondary N) is 1. The number of nitrogens with zero attached hydrogens (tertiary/aromatic N) is 2. The summed E-state index contributed by atoms with van der Waals surface area (Å²) in [5.74, 6) is 0.420. The van der Waals surface area contributed by atoms with E-state index in [9.17, 15) is 4.79 Å². The Labute approximate surface area is 95.8 Å². The summed E-state index contributed by atoms with van der Waals surface area (Å²) in [7, 11) is 3.32. The minimum Gasteiger partial charge on any atom is -0.375 e. The van der Waals surface area contributed by atoms with E-state index in [4.69, 9.17) is 4.74 Å². The lowest BCUT2D eigenvalue weighted by molar-refractivity contribution is -0.119. The minimum atomic E-state index is -0.188. The van der Waals surface area contributed by atoms with Crippen LogP contribution in [-0.4, -0.2) is 29.4 Å². The summed E-state index contributed by atoms with van der Waals surface area (Å²) >= 11 is 0. The number of aromatic nitrogens is 2. The number of hydrogen-bond acceptors (Lipinski definition) is 3. The molecule has 5 nitrogen and oxygen atoms in total. The van der Waals surface area contributed by atoms with Crippen molar-refractivity contribution < 1.29 is 9.53 Å². The van der Waals surface area contributed by atoms with Crippen molar-refractivity contribution in [2.45, 2.75) is 26.2 Å². The fraction of sp³-hybridized carbons (Fsp3) is 0.636. The van der Waals surface area contributed by atoms with Crippen LogP contribution in [0.25, 0.3) is 0 Å². The Morgan fingerprint density at radius 3 is 2.69 bits per heavy atom. The monoisotopic (exact) mass is 225 g/mol. The van der Waals surface area contributed by atoms with Crippen molar-refractivity contribution in [2.75, 3.05) is 19.0 Å². The third-order valence-electron chi connectivity index (χ3n) is 2.17. The third kappa shape index (κ3) is 3.06. The number of ether oxygens (including phenoxy) is 1. The normalized spacial score (nSPS) is 11.6. The van der Waals surface area contributed by atoms with Gasteiger partial charge in [0, 0.05) is 25.9 Å². The molecule has 0 aliphatic rings. The van der Waals surface area contributed by atoms with Gasteiger partial charge in [0.25, 0.3) is 5.91 Å². The van der Waals surface area contributed by atoms with E-state index in [-0.39, 0.29) is 17.9 Å². The first-order chi connectivity index (χ1) is 7.34. The van der Waals surface area contributed by atoms with Crippen LogP contribution in [0.1, 0.15) is 26.3 Å². The highest BCUT2D eigenvalue weighted by molar-refractivity contribution is 5.91. The van der Waals surface area contributed by atoms with Crippen molar-refractivity contribution in [1.29, 1.82) is 0 Å². The van der Waals surface area contributed by atoms with Crippen molar-refractivity contribution in [3.8, 4) is 0 Å². The Kier molecular flexibility index (Phi) is 3.70. The summed E-state index contributed by atoms with van der Waals surface area (Å²) in [4.78, 5) is 11.4. The van der Waals surface area contributed by atoms with E-state index in [1.165, 1.54) is 7.11 Å². The molecule has 0 fully saturated rings. The highest BCUT2D eigenvalue weighted by Gasteiger charge is 2.22. The molecule has 0 spiro atoms. The predicted octanol–water partition coefficient (Wildman–Crippen LogP) is 1.30. The largest absolute Gasteiger partial charge is 0.375 e. The second kappa shape index (κ2) is 4.65. The number of carbonyl (C=O) groups excluding carboxylic acids is 1. The fourth-order valence-corrected chi connectivity index (χ4v) is 1.43. The van der Waals surface area contributed by atoms with Gasteiger partial charge in [0.1, 0.15) is 6.61 Å². The first-order valence-corrected chi connectivity index (χ1v) is 5.17. The van der Waals surface area contributed by atoms with Crippen LogP contribution in [-0.2, 0) is 22.0 Å². The molecule has 0 atom stereocenters. The molecule has 0 bridgehead atoms. The quantitative estimate of drug-likeness (QED) is 0.843. The maximum absolute atomic E-state index is 11.4. The van der Waals surface area contributed by atoms with Crippen molar-refractivity contribution in [3.05, 3.63) is 11.8 Å². The van der Waals surface area contributed by atoms with Gasteiger partial charge in [0.15, 0.2) is 5.82 Å². The summed E-state index contributed by atoms with van der Waals surface area (Å²) in [5, 5.41) is 6.97. The van der Waals surface area contributed by atoms with E-state index in [2.05, 4.69) is 31.2 Å². The molecule has 0 aliphatic carbocycles. The molecule has 1 amide bonds. The van der Waals surface area contributed by atoms with E-state index < -0.39 is 0 Å². The fourth-order valence-electron chi connectivity index (χ4n) is 1.43. The molecule has 16 heavy (non-hydrogen) atoms. The van der Waals surface area contributed by atoms with Crippen LogP contribution < -0.4 is 5.32 Å². The summed E-state index contributed by atoms with van der Waals surface area (Å²) < 4.78 is 6.46. The Morgan fingerprint density at radius 2 is 2.19 bits per heavy atom. The second-order valence-electron chi connectivity index (χ2n) is 4.80. The van der Waals surface area contributed by atoms with Crippen LogP contribution in [0.5, 0.6) is 0 Å². The van der Waals surface area contributed by atoms with Crippen molar-refractivity contribution in [1.82, 2.24) is 9.78 Å². The Bertz CT molecular complexity index is 377. The summed E-state index contributed by atoms with van der Waals surface area (Å²) in [6.45, 7) is 6.28. The van der Waals surface area contributed by atoms with Gasteiger partial charge in [-0.15, -0.1) is 0 Å². The molecular weight excluding hydrogens is 206 g/mol. The number of carbonyl (C=O) groups is 1. The van der Waals surface area contributed by atoms with Crippen LogP contribution in [0.2, 0.25) is 0 Å². The lowest BCUT2D eigenvalue weighted by atomic mass is 9.89. The number of aryl methyl sites for hydroxylation is 1. The summed E-state index contributed by atoms with van der Waals surface area (Å²) in [6.07, 6.45) is 1.92. The number of rotatable bonds is 3.